The van der Waals surface area contributed by atoms with Crippen LogP contribution >= 0.6 is 15.9 Å². The van der Waals surface area contributed by atoms with Crippen molar-refractivity contribution in [2.24, 2.45) is 0 Å². The first-order valence-corrected chi connectivity index (χ1v) is 3.66. The number of alkyl halides is 1. The summed E-state index contributed by atoms with van der Waals surface area (Å²) in [5.74, 6) is 0.855. The topological polar surface area (TPSA) is 90.7 Å². The van der Waals surface area contributed by atoms with Crippen LogP contribution in [-0.4, -0.2) is 15.0 Å². The summed E-state index contributed by atoms with van der Waals surface area (Å²) in [6.07, 6.45) is 0. The molecule has 0 atom stereocenters. The standard InChI is InChI=1S/C4H6BrN5/c5-1-2-8-3(6)10-4(7)9-2/h1H2,(H4,6,7,8,9,10). The van der Waals surface area contributed by atoms with Crippen LogP contribution in [0, 0.1) is 0 Å². The van der Waals surface area contributed by atoms with E-state index in [0.29, 0.717) is 11.2 Å². The second-order valence-electron chi connectivity index (χ2n) is 1.60. The highest BCUT2D eigenvalue weighted by Gasteiger charge is 1.97. The zero-order valence-corrected chi connectivity index (χ0v) is 6.67. The molecule has 0 aliphatic rings. The Morgan fingerprint density at radius 3 is 2.00 bits per heavy atom. The molecule has 0 saturated carbocycles. The van der Waals surface area contributed by atoms with Crippen LogP contribution in [0.1, 0.15) is 5.82 Å². The van der Waals surface area contributed by atoms with Crippen LogP contribution in [-0.2, 0) is 5.33 Å². The van der Waals surface area contributed by atoms with Gasteiger partial charge in [0, 0.05) is 0 Å². The second kappa shape index (κ2) is 2.78. The van der Waals surface area contributed by atoms with E-state index in [-0.39, 0.29) is 11.9 Å². The van der Waals surface area contributed by atoms with Gasteiger partial charge in [-0.05, 0) is 0 Å². The summed E-state index contributed by atoms with van der Waals surface area (Å²) in [5, 5.41) is 0.532. The van der Waals surface area contributed by atoms with Crippen molar-refractivity contribution in [2.45, 2.75) is 5.33 Å². The van der Waals surface area contributed by atoms with E-state index in [1.54, 1.807) is 0 Å². The Morgan fingerprint density at radius 2 is 1.60 bits per heavy atom. The molecule has 1 rings (SSSR count). The molecule has 0 unspecified atom stereocenters. The summed E-state index contributed by atoms with van der Waals surface area (Å²) in [6.45, 7) is 0. The minimum atomic E-state index is 0.155. The van der Waals surface area contributed by atoms with E-state index < -0.39 is 0 Å². The molecule has 1 aromatic heterocycles. The van der Waals surface area contributed by atoms with Crippen LogP contribution < -0.4 is 11.5 Å². The monoisotopic (exact) mass is 203 g/mol. The maximum Gasteiger partial charge on any atom is 0.225 e. The van der Waals surface area contributed by atoms with Gasteiger partial charge in [0.05, 0.1) is 5.33 Å². The van der Waals surface area contributed by atoms with E-state index in [1.165, 1.54) is 0 Å². The molecule has 1 aromatic rings. The van der Waals surface area contributed by atoms with E-state index in [4.69, 9.17) is 11.5 Å². The molecule has 6 heteroatoms. The van der Waals surface area contributed by atoms with Crippen LogP contribution in [0.4, 0.5) is 11.9 Å². The molecule has 0 saturated heterocycles. The predicted molar refractivity (Wildman–Crippen MR) is 41.3 cm³/mol. The van der Waals surface area contributed by atoms with Crippen molar-refractivity contribution in [2.75, 3.05) is 11.5 Å². The van der Waals surface area contributed by atoms with Gasteiger partial charge in [0.1, 0.15) is 5.82 Å². The number of halogens is 1. The lowest BCUT2D eigenvalue weighted by molar-refractivity contribution is 0.993. The van der Waals surface area contributed by atoms with Gasteiger partial charge in [-0.3, -0.25) is 0 Å². The van der Waals surface area contributed by atoms with Gasteiger partial charge in [0.25, 0.3) is 0 Å². The van der Waals surface area contributed by atoms with Gasteiger partial charge in [-0.15, -0.1) is 0 Å². The minimum absolute atomic E-state index is 0.155. The highest BCUT2D eigenvalue weighted by Crippen LogP contribution is 2.01. The lowest BCUT2D eigenvalue weighted by atomic mass is 10.7. The molecule has 54 valence electrons. The van der Waals surface area contributed by atoms with Gasteiger partial charge in [0.2, 0.25) is 11.9 Å². The van der Waals surface area contributed by atoms with Crippen LogP contribution in [0.2, 0.25) is 0 Å². The Kier molecular flexibility index (Phi) is 2.00. The lowest BCUT2D eigenvalue weighted by Gasteiger charge is -1.96. The van der Waals surface area contributed by atoms with E-state index >= 15 is 0 Å². The summed E-state index contributed by atoms with van der Waals surface area (Å²) < 4.78 is 0. The number of rotatable bonds is 1. The lowest BCUT2D eigenvalue weighted by Crippen LogP contribution is -2.05. The summed E-state index contributed by atoms with van der Waals surface area (Å²) in [7, 11) is 0. The molecular weight excluding hydrogens is 198 g/mol. The highest BCUT2D eigenvalue weighted by atomic mass is 79.9. The third-order valence-electron chi connectivity index (χ3n) is 0.836. The molecule has 0 bridgehead atoms. The van der Waals surface area contributed by atoms with Crippen molar-refractivity contribution >= 4 is 27.8 Å². The molecule has 0 radical (unpaired) electrons. The molecule has 4 N–H and O–H groups in total. The quantitative estimate of drug-likeness (QED) is 0.624. The van der Waals surface area contributed by atoms with E-state index in [1.807, 2.05) is 0 Å². The number of hydrogen-bond acceptors (Lipinski definition) is 5. The first-order chi connectivity index (χ1) is 4.72. The number of aromatic nitrogens is 3. The van der Waals surface area contributed by atoms with Crippen molar-refractivity contribution in [3.8, 4) is 0 Å². The Labute approximate surface area is 66.0 Å². The first-order valence-electron chi connectivity index (χ1n) is 2.54. The number of hydrogen-bond donors (Lipinski definition) is 2. The fraction of sp³-hybridized carbons (Fsp3) is 0.250. The van der Waals surface area contributed by atoms with Crippen molar-refractivity contribution in [3.05, 3.63) is 5.82 Å². The minimum Gasteiger partial charge on any atom is -0.368 e. The largest absolute Gasteiger partial charge is 0.368 e. The average molecular weight is 204 g/mol. The van der Waals surface area contributed by atoms with Gasteiger partial charge in [-0.1, -0.05) is 15.9 Å². The van der Waals surface area contributed by atoms with Crippen LogP contribution in [0.3, 0.4) is 0 Å². The Bertz CT molecular complexity index is 217. The van der Waals surface area contributed by atoms with Gasteiger partial charge in [-0.25, -0.2) is 0 Å². The van der Waals surface area contributed by atoms with Gasteiger partial charge < -0.3 is 11.5 Å². The van der Waals surface area contributed by atoms with Crippen LogP contribution in [0.15, 0.2) is 0 Å². The number of nitrogens with two attached hydrogens (primary N) is 2. The maximum atomic E-state index is 5.27. The van der Waals surface area contributed by atoms with E-state index in [2.05, 4.69) is 30.9 Å². The zero-order chi connectivity index (χ0) is 7.56. The molecule has 0 amide bonds. The maximum absolute atomic E-state index is 5.27. The van der Waals surface area contributed by atoms with Crippen molar-refractivity contribution < 1.29 is 0 Å². The smallest absolute Gasteiger partial charge is 0.225 e. The Morgan fingerprint density at radius 1 is 1.10 bits per heavy atom. The third kappa shape index (κ3) is 1.53. The molecular formula is C4H6BrN5. The number of nitrogen functional groups attached to an aromatic ring is 2. The fourth-order valence-corrected chi connectivity index (χ4v) is 0.767. The SMILES string of the molecule is Nc1nc(N)nc(CBr)n1. The van der Waals surface area contributed by atoms with E-state index in [0.717, 1.165) is 0 Å². The molecule has 10 heavy (non-hydrogen) atoms. The molecule has 0 spiro atoms. The molecule has 0 fully saturated rings. The molecule has 1 heterocycles. The van der Waals surface area contributed by atoms with Gasteiger partial charge >= 0.3 is 0 Å². The van der Waals surface area contributed by atoms with Gasteiger partial charge in [0.15, 0.2) is 0 Å². The predicted octanol–water partition coefficient (Wildman–Crippen LogP) is -0.0691. The molecule has 5 nitrogen and oxygen atoms in total. The third-order valence-corrected chi connectivity index (χ3v) is 1.34. The first kappa shape index (κ1) is 7.20. The zero-order valence-electron chi connectivity index (χ0n) is 5.08. The van der Waals surface area contributed by atoms with Crippen LogP contribution in [0.5, 0.6) is 0 Å². The Hall–Kier alpha value is -0.910. The summed E-state index contributed by atoms with van der Waals surface area (Å²) >= 11 is 3.16. The van der Waals surface area contributed by atoms with Crippen molar-refractivity contribution in [3.63, 3.8) is 0 Å². The van der Waals surface area contributed by atoms with Gasteiger partial charge in [-0.2, -0.15) is 15.0 Å². The highest BCUT2D eigenvalue weighted by molar-refractivity contribution is 9.08. The second-order valence-corrected chi connectivity index (χ2v) is 2.16. The van der Waals surface area contributed by atoms with Crippen LogP contribution in [0.25, 0.3) is 0 Å². The van der Waals surface area contributed by atoms with Crippen molar-refractivity contribution in [1.29, 1.82) is 0 Å². The fourth-order valence-electron chi connectivity index (χ4n) is 0.517. The number of anilines is 2. The summed E-state index contributed by atoms with van der Waals surface area (Å²) in [5.41, 5.74) is 10.5. The molecule has 0 aliphatic heterocycles. The summed E-state index contributed by atoms with van der Waals surface area (Å²) in [4.78, 5) is 11.2. The number of nitrogens with zero attached hydrogens (tertiary/aromatic N) is 3. The average Bonchev–Trinajstić information content (AvgIpc) is 1.85. The van der Waals surface area contributed by atoms with E-state index in [9.17, 15) is 0 Å². The molecule has 0 aliphatic carbocycles. The summed E-state index contributed by atoms with van der Waals surface area (Å²) in [6, 6.07) is 0. The normalized spacial score (nSPS) is 9.70. The Balaban J connectivity index is 3.06. The molecule has 0 aromatic carbocycles. The van der Waals surface area contributed by atoms with Crippen molar-refractivity contribution in [1.82, 2.24) is 15.0 Å².